The molecule has 1 unspecified atom stereocenters. The maximum absolute atomic E-state index is 9.91. The summed E-state index contributed by atoms with van der Waals surface area (Å²) in [6.07, 6.45) is 0.214. The van der Waals surface area contributed by atoms with Gasteiger partial charge in [0.15, 0.2) is 0 Å². The van der Waals surface area contributed by atoms with Gasteiger partial charge in [-0.05, 0) is 40.1 Å². The molecule has 1 atom stereocenters. The highest BCUT2D eigenvalue weighted by Gasteiger charge is 2.08. The molecule has 2 aromatic rings. The molecule has 0 spiro atoms. The SMILES string of the molecule is OC(Cc1ccc(Cl)cc1)c1ccsc1. The summed E-state index contributed by atoms with van der Waals surface area (Å²) in [5.41, 5.74) is 2.08. The second-order valence-corrected chi connectivity index (χ2v) is 4.62. The summed E-state index contributed by atoms with van der Waals surface area (Å²) in [4.78, 5) is 0. The van der Waals surface area contributed by atoms with E-state index in [0.717, 1.165) is 16.1 Å². The monoisotopic (exact) mass is 238 g/mol. The summed E-state index contributed by atoms with van der Waals surface area (Å²) in [6, 6.07) is 9.52. The van der Waals surface area contributed by atoms with Gasteiger partial charge in [-0.15, -0.1) is 0 Å². The predicted molar refractivity (Wildman–Crippen MR) is 64.4 cm³/mol. The van der Waals surface area contributed by atoms with Gasteiger partial charge in [-0.25, -0.2) is 0 Å². The smallest absolute Gasteiger partial charge is 0.0838 e. The molecule has 78 valence electrons. The zero-order valence-corrected chi connectivity index (χ0v) is 9.63. The van der Waals surface area contributed by atoms with Gasteiger partial charge in [0, 0.05) is 11.4 Å². The topological polar surface area (TPSA) is 20.2 Å². The number of hydrogen-bond donors (Lipinski definition) is 1. The molecule has 1 N–H and O–H groups in total. The fourth-order valence-electron chi connectivity index (χ4n) is 1.43. The van der Waals surface area contributed by atoms with E-state index < -0.39 is 6.10 Å². The molecule has 0 aliphatic heterocycles. The molecule has 0 radical (unpaired) electrons. The second kappa shape index (κ2) is 4.79. The van der Waals surface area contributed by atoms with E-state index in [-0.39, 0.29) is 0 Å². The molecule has 0 bridgehead atoms. The van der Waals surface area contributed by atoms with Gasteiger partial charge >= 0.3 is 0 Å². The molecule has 3 heteroatoms. The lowest BCUT2D eigenvalue weighted by atomic mass is 10.0. The Morgan fingerprint density at radius 1 is 1.20 bits per heavy atom. The Morgan fingerprint density at radius 2 is 1.93 bits per heavy atom. The van der Waals surface area contributed by atoms with Crippen LogP contribution < -0.4 is 0 Å². The van der Waals surface area contributed by atoms with Gasteiger partial charge in [0.05, 0.1) is 6.10 Å². The zero-order chi connectivity index (χ0) is 10.7. The van der Waals surface area contributed by atoms with Crippen molar-refractivity contribution in [2.45, 2.75) is 12.5 Å². The van der Waals surface area contributed by atoms with Crippen molar-refractivity contribution in [3.8, 4) is 0 Å². The molecule has 0 amide bonds. The van der Waals surface area contributed by atoms with Gasteiger partial charge in [-0.3, -0.25) is 0 Å². The zero-order valence-electron chi connectivity index (χ0n) is 8.06. The molecule has 0 fully saturated rings. The van der Waals surface area contributed by atoms with Crippen LogP contribution in [0.3, 0.4) is 0 Å². The second-order valence-electron chi connectivity index (χ2n) is 3.40. The molecule has 0 aliphatic carbocycles. The highest BCUT2D eigenvalue weighted by molar-refractivity contribution is 7.07. The van der Waals surface area contributed by atoms with Crippen LogP contribution in [0.4, 0.5) is 0 Å². The first-order valence-corrected chi connectivity index (χ1v) is 6.02. The van der Waals surface area contributed by atoms with Crippen molar-refractivity contribution in [1.82, 2.24) is 0 Å². The summed E-state index contributed by atoms with van der Waals surface area (Å²) in [5.74, 6) is 0. The van der Waals surface area contributed by atoms with Gasteiger partial charge in [-0.2, -0.15) is 11.3 Å². The summed E-state index contributed by atoms with van der Waals surface area (Å²) in [5, 5.41) is 14.6. The number of halogens is 1. The Hall–Kier alpha value is -0.830. The van der Waals surface area contributed by atoms with Crippen LogP contribution in [0.1, 0.15) is 17.2 Å². The molecule has 0 saturated carbocycles. The fraction of sp³-hybridized carbons (Fsp3) is 0.167. The van der Waals surface area contributed by atoms with Gasteiger partial charge in [-0.1, -0.05) is 23.7 Å². The minimum Gasteiger partial charge on any atom is -0.388 e. The van der Waals surface area contributed by atoms with Crippen LogP contribution in [0.25, 0.3) is 0 Å². The number of thiophene rings is 1. The van der Waals surface area contributed by atoms with Crippen molar-refractivity contribution < 1.29 is 5.11 Å². The Balaban J connectivity index is 2.06. The standard InChI is InChI=1S/C12H11ClOS/c13-11-3-1-9(2-4-11)7-12(14)10-5-6-15-8-10/h1-6,8,12,14H,7H2. The predicted octanol–water partition coefficient (Wildman–Crippen LogP) is 3.68. The van der Waals surface area contributed by atoms with E-state index in [1.807, 2.05) is 41.1 Å². The van der Waals surface area contributed by atoms with Gasteiger partial charge < -0.3 is 5.11 Å². The van der Waals surface area contributed by atoms with Crippen molar-refractivity contribution in [2.75, 3.05) is 0 Å². The summed E-state index contributed by atoms with van der Waals surface area (Å²) < 4.78 is 0. The normalized spacial score (nSPS) is 12.7. The molecule has 15 heavy (non-hydrogen) atoms. The van der Waals surface area contributed by atoms with Crippen molar-refractivity contribution in [1.29, 1.82) is 0 Å². The highest BCUT2D eigenvalue weighted by Crippen LogP contribution is 2.21. The third-order valence-electron chi connectivity index (χ3n) is 2.27. The third-order valence-corrected chi connectivity index (χ3v) is 3.22. The van der Waals surface area contributed by atoms with Crippen LogP contribution in [0, 0.1) is 0 Å². The van der Waals surface area contributed by atoms with Crippen LogP contribution >= 0.6 is 22.9 Å². The molecule has 1 aromatic carbocycles. The lowest BCUT2D eigenvalue weighted by molar-refractivity contribution is 0.179. The Labute approximate surface area is 98.0 Å². The number of rotatable bonds is 3. The molecule has 0 aliphatic rings. The van der Waals surface area contributed by atoms with Crippen LogP contribution in [0.2, 0.25) is 5.02 Å². The van der Waals surface area contributed by atoms with E-state index in [4.69, 9.17) is 11.6 Å². The van der Waals surface area contributed by atoms with E-state index in [2.05, 4.69) is 0 Å². The molecular formula is C12H11ClOS. The number of aliphatic hydroxyl groups excluding tert-OH is 1. The van der Waals surface area contributed by atoms with E-state index in [9.17, 15) is 5.11 Å². The van der Waals surface area contributed by atoms with E-state index in [1.165, 1.54) is 0 Å². The van der Waals surface area contributed by atoms with Crippen molar-refractivity contribution in [2.24, 2.45) is 0 Å². The maximum atomic E-state index is 9.91. The Morgan fingerprint density at radius 3 is 2.53 bits per heavy atom. The van der Waals surface area contributed by atoms with Crippen LogP contribution in [-0.4, -0.2) is 5.11 Å². The third kappa shape index (κ3) is 2.81. The lowest BCUT2D eigenvalue weighted by Gasteiger charge is -2.08. The van der Waals surface area contributed by atoms with Gasteiger partial charge in [0.1, 0.15) is 0 Å². The lowest BCUT2D eigenvalue weighted by Crippen LogP contribution is -1.99. The van der Waals surface area contributed by atoms with Gasteiger partial charge in [0.25, 0.3) is 0 Å². The first-order valence-electron chi connectivity index (χ1n) is 4.70. The molecule has 2 rings (SSSR count). The van der Waals surface area contributed by atoms with Gasteiger partial charge in [0.2, 0.25) is 0 Å². The average molecular weight is 239 g/mol. The highest BCUT2D eigenvalue weighted by atomic mass is 35.5. The van der Waals surface area contributed by atoms with Crippen LogP contribution in [0.5, 0.6) is 0 Å². The van der Waals surface area contributed by atoms with Crippen LogP contribution in [0.15, 0.2) is 41.1 Å². The number of hydrogen-bond acceptors (Lipinski definition) is 2. The Kier molecular flexibility index (Phi) is 3.41. The molecular weight excluding hydrogens is 228 g/mol. The first-order chi connectivity index (χ1) is 7.25. The molecule has 1 heterocycles. The van der Waals surface area contributed by atoms with Crippen molar-refractivity contribution in [3.05, 3.63) is 57.2 Å². The summed E-state index contributed by atoms with van der Waals surface area (Å²) >= 11 is 7.39. The quantitative estimate of drug-likeness (QED) is 0.865. The van der Waals surface area contributed by atoms with E-state index in [0.29, 0.717) is 6.42 Å². The van der Waals surface area contributed by atoms with Crippen molar-refractivity contribution in [3.63, 3.8) is 0 Å². The minimum absolute atomic E-state index is 0.419. The molecule has 0 saturated heterocycles. The van der Waals surface area contributed by atoms with E-state index in [1.54, 1.807) is 11.3 Å². The minimum atomic E-state index is -0.419. The average Bonchev–Trinajstić information content (AvgIpc) is 2.74. The fourth-order valence-corrected chi connectivity index (χ4v) is 2.26. The first kappa shape index (κ1) is 10.7. The maximum Gasteiger partial charge on any atom is 0.0838 e. The largest absolute Gasteiger partial charge is 0.388 e. The summed E-state index contributed by atoms with van der Waals surface area (Å²) in [7, 11) is 0. The number of aliphatic hydroxyl groups is 1. The number of benzene rings is 1. The van der Waals surface area contributed by atoms with E-state index >= 15 is 0 Å². The summed E-state index contributed by atoms with van der Waals surface area (Å²) in [6.45, 7) is 0. The molecule has 1 nitrogen and oxygen atoms in total. The van der Waals surface area contributed by atoms with Crippen LogP contribution in [-0.2, 0) is 6.42 Å². The molecule has 1 aromatic heterocycles. The van der Waals surface area contributed by atoms with Crippen molar-refractivity contribution >= 4 is 22.9 Å². The Bertz CT molecular complexity index is 408.